The summed E-state index contributed by atoms with van der Waals surface area (Å²) in [6, 6.07) is 7.88. The fourth-order valence-electron chi connectivity index (χ4n) is 4.59. The molecule has 0 amide bonds. The van der Waals surface area contributed by atoms with Gasteiger partial charge >= 0.3 is 5.97 Å². The van der Waals surface area contributed by atoms with Crippen LogP contribution in [0, 0.1) is 0 Å². The van der Waals surface area contributed by atoms with Crippen molar-refractivity contribution in [2.24, 2.45) is 0 Å². The number of sulfonamides is 1. The molecule has 9 nitrogen and oxygen atoms in total. The summed E-state index contributed by atoms with van der Waals surface area (Å²) in [7, 11) is -2.44. The number of nitrogens with one attached hydrogen (secondary N) is 1. The number of hydrogen-bond acceptors (Lipinski definition) is 7. The Balaban J connectivity index is 1.55. The molecular formula is C23H30N4O5S. The van der Waals surface area contributed by atoms with Crippen LogP contribution in [-0.2, 0) is 10.0 Å². The molecule has 2 aromatic rings. The highest BCUT2D eigenvalue weighted by molar-refractivity contribution is 7.92. The number of aromatic nitrogens is 1. The standard InChI is InChI=1S/C23H30N4O5S/c1-32-19-5-7-20(8-6-19)33(30,31)25-21-15-17(23(28)29)16-24-22(21)27-13-9-18(10-14-27)26-11-3-2-4-12-26/h5-8,15-16,18,25H,2-4,9-14H2,1H3,(H,28,29). The summed E-state index contributed by atoms with van der Waals surface area (Å²) in [6.07, 6.45) is 7.00. The Morgan fingerprint density at radius 1 is 1.09 bits per heavy atom. The number of ether oxygens (including phenoxy) is 1. The van der Waals surface area contributed by atoms with Crippen LogP contribution in [0.3, 0.4) is 0 Å². The van der Waals surface area contributed by atoms with Gasteiger partial charge in [0.25, 0.3) is 10.0 Å². The molecule has 3 heterocycles. The van der Waals surface area contributed by atoms with Gasteiger partial charge in [0.05, 0.1) is 23.3 Å². The van der Waals surface area contributed by atoms with Crippen molar-refractivity contribution >= 4 is 27.5 Å². The first kappa shape index (κ1) is 23.3. The van der Waals surface area contributed by atoms with E-state index < -0.39 is 16.0 Å². The summed E-state index contributed by atoms with van der Waals surface area (Å²) in [4.78, 5) is 20.5. The smallest absolute Gasteiger partial charge is 0.337 e. The molecule has 0 unspecified atom stereocenters. The number of carboxylic acids is 1. The quantitative estimate of drug-likeness (QED) is 0.630. The second-order valence-electron chi connectivity index (χ2n) is 8.50. The third-order valence-electron chi connectivity index (χ3n) is 6.40. The summed E-state index contributed by atoms with van der Waals surface area (Å²) < 4.78 is 33.7. The van der Waals surface area contributed by atoms with Crippen molar-refractivity contribution in [1.29, 1.82) is 0 Å². The van der Waals surface area contributed by atoms with Crippen LogP contribution >= 0.6 is 0 Å². The predicted molar refractivity (Wildman–Crippen MR) is 126 cm³/mol. The highest BCUT2D eigenvalue weighted by Crippen LogP contribution is 2.31. The first-order chi connectivity index (χ1) is 15.9. The predicted octanol–water partition coefficient (Wildman–Crippen LogP) is 3.04. The van der Waals surface area contributed by atoms with Crippen molar-refractivity contribution in [2.75, 3.05) is 42.9 Å². The highest BCUT2D eigenvalue weighted by Gasteiger charge is 2.28. The highest BCUT2D eigenvalue weighted by atomic mass is 32.2. The van der Waals surface area contributed by atoms with Gasteiger partial charge in [0.2, 0.25) is 0 Å². The molecule has 1 aromatic heterocycles. The van der Waals surface area contributed by atoms with E-state index in [1.54, 1.807) is 12.1 Å². The van der Waals surface area contributed by atoms with Crippen LogP contribution in [0.2, 0.25) is 0 Å². The lowest BCUT2D eigenvalue weighted by Gasteiger charge is -2.40. The number of rotatable bonds is 7. The summed E-state index contributed by atoms with van der Waals surface area (Å²) in [5.41, 5.74) is 0.0940. The molecule has 33 heavy (non-hydrogen) atoms. The minimum absolute atomic E-state index is 0.0544. The first-order valence-electron chi connectivity index (χ1n) is 11.3. The summed E-state index contributed by atoms with van der Waals surface area (Å²) in [5, 5.41) is 9.41. The Morgan fingerprint density at radius 2 is 1.76 bits per heavy atom. The maximum absolute atomic E-state index is 13.0. The van der Waals surface area contributed by atoms with Gasteiger partial charge in [0.15, 0.2) is 5.82 Å². The third kappa shape index (κ3) is 5.39. The molecule has 2 fully saturated rings. The lowest BCUT2D eigenvalue weighted by atomic mass is 10.00. The Labute approximate surface area is 194 Å². The van der Waals surface area contributed by atoms with Gasteiger partial charge in [-0.15, -0.1) is 0 Å². The number of nitrogens with zero attached hydrogens (tertiary/aromatic N) is 3. The summed E-state index contributed by atoms with van der Waals surface area (Å²) in [6.45, 7) is 3.75. The van der Waals surface area contributed by atoms with E-state index in [2.05, 4.69) is 14.6 Å². The number of likely N-dealkylation sites (tertiary alicyclic amines) is 1. The SMILES string of the molecule is COc1ccc(S(=O)(=O)Nc2cc(C(=O)O)cnc2N2CCC(N3CCCCC3)CC2)cc1. The van der Waals surface area contributed by atoms with E-state index in [1.165, 1.54) is 50.8 Å². The van der Waals surface area contributed by atoms with Gasteiger partial charge in [-0.05, 0) is 69.1 Å². The molecule has 2 aliphatic rings. The number of hydrogen-bond donors (Lipinski definition) is 2. The van der Waals surface area contributed by atoms with Crippen molar-refractivity contribution in [1.82, 2.24) is 9.88 Å². The van der Waals surface area contributed by atoms with Gasteiger partial charge in [-0.3, -0.25) is 4.72 Å². The Morgan fingerprint density at radius 3 is 2.36 bits per heavy atom. The van der Waals surface area contributed by atoms with Crippen LogP contribution in [0.15, 0.2) is 41.4 Å². The van der Waals surface area contributed by atoms with Crippen molar-refractivity contribution in [2.45, 2.75) is 43.0 Å². The number of aromatic carboxylic acids is 1. The van der Waals surface area contributed by atoms with Gasteiger partial charge in [-0.2, -0.15) is 0 Å². The summed E-state index contributed by atoms with van der Waals surface area (Å²) in [5.74, 6) is -0.169. The number of methoxy groups -OCH3 is 1. The molecule has 10 heteroatoms. The van der Waals surface area contributed by atoms with Crippen molar-refractivity contribution in [3.8, 4) is 5.75 Å². The molecule has 0 saturated carbocycles. The minimum Gasteiger partial charge on any atom is -0.497 e. The zero-order valence-electron chi connectivity index (χ0n) is 18.7. The van der Waals surface area contributed by atoms with Gasteiger partial charge in [0.1, 0.15) is 5.75 Å². The molecular weight excluding hydrogens is 444 g/mol. The minimum atomic E-state index is -3.94. The number of piperidine rings is 2. The van der Waals surface area contributed by atoms with Crippen LogP contribution in [0.5, 0.6) is 5.75 Å². The fraction of sp³-hybridized carbons (Fsp3) is 0.478. The van der Waals surface area contributed by atoms with E-state index in [0.717, 1.165) is 39.0 Å². The van der Waals surface area contributed by atoms with E-state index in [0.29, 0.717) is 17.6 Å². The molecule has 0 bridgehead atoms. The van der Waals surface area contributed by atoms with E-state index in [9.17, 15) is 18.3 Å². The summed E-state index contributed by atoms with van der Waals surface area (Å²) >= 11 is 0. The molecule has 2 N–H and O–H groups in total. The van der Waals surface area contributed by atoms with Gasteiger partial charge < -0.3 is 19.6 Å². The second kappa shape index (κ2) is 9.96. The lowest BCUT2D eigenvalue weighted by Crippen LogP contribution is -2.47. The Kier molecular flexibility index (Phi) is 7.04. The molecule has 0 aliphatic carbocycles. The molecule has 2 saturated heterocycles. The molecule has 2 aliphatic heterocycles. The Hall–Kier alpha value is -2.85. The fourth-order valence-corrected chi connectivity index (χ4v) is 5.64. The maximum atomic E-state index is 13.0. The van der Waals surface area contributed by atoms with Gasteiger partial charge in [0, 0.05) is 25.3 Å². The largest absolute Gasteiger partial charge is 0.497 e. The number of carbonyl (C=O) groups is 1. The molecule has 0 spiro atoms. The van der Waals surface area contributed by atoms with Crippen LogP contribution in [-0.4, -0.2) is 68.7 Å². The number of benzene rings is 1. The zero-order chi connectivity index (χ0) is 23.4. The molecule has 0 radical (unpaired) electrons. The maximum Gasteiger partial charge on any atom is 0.337 e. The normalized spacial score (nSPS) is 18.2. The van der Waals surface area contributed by atoms with Crippen LogP contribution in [0.1, 0.15) is 42.5 Å². The van der Waals surface area contributed by atoms with Gasteiger partial charge in [-0.1, -0.05) is 6.42 Å². The number of pyridine rings is 1. The van der Waals surface area contributed by atoms with E-state index in [4.69, 9.17) is 4.74 Å². The lowest BCUT2D eigenvalue weighted by molar-refractivity contribution is 0.0696. The zero-order valence-corrected chi connectivity index (χ0v) is 19.6. The van der Waals surface area contributed by atoms with E-state index in [-0.39, 0.29) is 16.1 Å². The molecule has 1 aromatic carbocycles. The van der Waals surface area contributed by atoms with Crippen molar-refractivity contribution < 1.29 is 23.1 Å². The average Bonchev–Trinajstić information content (AvgIpc) is 2.84. The molecule has 0 atom stereocenters. The monoisotopic (exact) mass is 474 g/mol. The van der Waals surface area contributed by atoms with Gasteiger partial charge in [-0.25, -0.2) is 18.2 Å². The van der Waals surface area contributed by atoms with Crippen LogP contribution < -0.4 is 14.4 Å². The van der Waals surface area contributed by atoms with Crippen molar-refractivity contribution in [3.63, 3.8) is 0 Å². The number of carboxylic acid groups (broad SMARTS) is 1. The van der Waals surface area contributed by atoms with Crippen LogP contribution in [0.25, 0.3) is 0 Å². The first-order valence-corrected chi connectivity index (χ1v) is 12.7. The van der Waals surface area contributed by atoms with E-state index >= 15 is 0 Å². The number of anilines is 2. The Bertz CT molecular complexity index is 1080. The van der Waals surface area contributed by atoms with Crippen LogP contribution in [0.4, 0.5) is 11.5 Å². The van der Waals surface area contributed by atoms with E-state index in [1.807, 2.05) is 4.90 Å². The third-order valence-corrected chi connectivity index (χ3v) is 7.78. The second-order valence-corrected chi connectivity index (χ2v) is 10.2. The topological polar surface area (TPSA) is 112 Å². The average molecular weight is 475 g/mol. The van der Waals surface area contributed by atoms with Crippen molar-refractivity contribution in [3.05, 3.63) is 42.1 Å². The molecule has 4 rings (SSSR count). The molecule has 178 valence electrons.